The molecule has 0 bridgehead atoms. The van der Waals surface area contributed by atoms with Crippen molar-refractivity contribution in [1.29, 1.82) is 0 Å². The Morgan fingerprint density at radius 3 is 2.63 bits per heavy atom. The molecule has 0 aliphatic heterocycles. The first kappa shape index (κ1) is 21.1. The van der Waals surface area contributed by atoms with Gasteiger partial charge in [-0.3, -0.25) is 4.79 Å². The maximum Gasteiger partial charge on any atom is 0.223 e. The van der Waals surface area contributed by atoms with Gasteiger partial charge in [0.05, 0.1) is 12.6 Å². The monoisotopic (exact) mass is 374 g/mol. The summed E-state index contributed by atoms with van der Waals surface area (Å²) in [6, 6.07) is 6.24. The van der Waals surface area contributed by atoms with E-state index in [-0.39, 0.29) is 17.9 Å². The number of nitrogens with one attached hydrogen (secondary N) is 3. The summed E-state index contributed by atoms with van der Waals surface area (Å²) in [5, 5.41) is 9.47. The molecule has 0 radical (unpaired) electrons. The fraction of sp³-hybridized carbons (Fsp3) is 0.619. The van der Waals surface area contributed by atoms with Gasteiger partial charge in [0, 0.05) is 31.1 Å². The van der Waals surface area contributed by atoms with Gasteiger partial charge in [0.15, 0.2) is 5.96 Å². The van der Waals surface area contributed by atoms with Gasteiger partial charge in [0.1, 0.15) is 5.75 Å². The number of rotatable bonds is 10. The minimum Gasteiger partial charge on any atom is -0.490 e. The van der Waals surface area contributed by atoms with Crippen LogP contribution in [0.4, 0.5) is 0 Å². The van der Waals surface area contributed by atoms with E-state index in [1.54, 1.807) is 0 Å². The Bertz CT molecular complexity index is 641. The van der Waals surface area contributed by atoms with Crippen LogP contribution < -0.4 is 20.7 Å². The molecule has 6 nitrogen and oxygen atoms in total. The number of hydrogen-bond donors (Lipinski definition) is 3. The van der Waals surface area contributed by atoms with Gasteiger partial charge < -0.3 is 20.7 Å². The first-order valence-electron chi connectivity index (χ1n) is 10.1. The first-order chi connectivity index (χ1) is 13.0. The minimum absolute atomic E-state index is 0.172. The van der Waals surface area contributed by atoms with E-state index < -0.39 is 0 Å². The maximum absolute atomic E-state index is 11.7. The van der Waals surface area contributed by atoms with Crippen molar-refractivity contribution in [3.8, 4) is 5.75 Å². The topological polar surface area (TPSA) is 74.8 Å². The van der Waals surface area contributed by atoms with Crippen LogP contribution in [0.5, 0.6) is 5.75 Å². The van der Waals surface area contributed by atoms with Gasteiger partial charge in [-0.2, -0.15) is 0 Å². The molecule has 3 N–H and O–H groups in total. The molecule has 1 aliphatic carbocycles. The van der Waals surface area contributed by atoms with Gasteiger partial charge in [-0.05, 0) is 51.7 Å². The fourth-order valence-electron chi connectivity index (χ4n) is 2.56. The number of carbonyl (C=O) groups is 1. The summed E-state index contributed by atoms with van der Waals surface area (Å²) < 4.78 is 6.06. The highest BCUT2D eigenvalue weighted by molar-refractivity contribution is 5.81. The highest BCUT2D eigenvalue weighted by Crippen LogP contribution is 2.28. The van der Waals surface area contributed by atoms with E-state index in [9.17, 15) is 4.79 Å². The summed E-state index contributed by atoms with van der Waals surface area (Å²) in [4.78, 5) is 16.3. The quantitative estimate of drug-likeness (QED) is 0.334. The van der Waals surface area contributed by atoms with Crippen LogP contribution in [0.25, 0.3) is 0 Å². The molecule has 6 heteroatoms. The lowest BCUT2D eigenvalue weighted by Gasteiger charge is -2.17. The smallest absolute Gasteiger partial charge is 0.223 e. The third-order valence-corrected chi connectivity index (χ3v) is 4.54. The van der Waals surface area contributed by atoms with E-state index in [1.807, 2.05) is 6.92 Å². The highest BCUT2D eigenvalue weighted by atomic mass is 16.5. The third-order valence-electron chi connectivity index (χ3n) is 4.54. The molecule has 0 spiro atoms. The lowest BCUT2D eigenvalue weighted by Crippen LogP contribution is -2.41. The fourth-order valence-corrected chi connectivity index (χ4v) is 2.56. The molecule has 1 fully saturated rings. The van der Waals surface area contributed by atoms with Crippen LogP contribution in [-0.2, 0) is 11.3 Å². The van der Waals surface area contributed by atoms with E-state index >= 15 is 0 Å². The van der Waals surface area contributed by atoms with Gasteiger partial charge in [-0.25, -0.2) is 4.99 Å². The molecule has 1 amide bonds. The summed E-state index contributed by atoms with van der Waals surface area (Å²) in [5.41, 5.74) is 2.25. The molecule has 2 rings (SSSR count). The molecule has 0 aromatic heterocycles. The Labute approximate surface area is 163 Å². The van der Waals surface area contributed by atoms with Gasteiger partial charge >= 0.3 is 0 Å². The van der Waals surface area contributed by atoms with Crippen LogP contribution in [0.3, 0.4) is 0 Å². The van der Waals surface area contributed by atoms with E-state index in [0.29, 0.717) is 19.6 Å². The van der Waals surface area contributed by atoms with Crippen LogP contribution in [0.2, 0.25) is 0 Å². The number of ether oxygens (including phenoxy) is 1. The number of aryl methyl sites for hydroxylation is 1. The first-order valence-corrected chi connectivity index (χ1v) is 10.1. The van der Waals surface area contributed by atoms with Crippen LogP contribution in [0, 0.1) is 12.8 Å². The minimum atomic E-state index is 0.172. The van der Waals surface area contributed by atoms with E-state index in [1.165, 1.54) is 5.56 Å². The average molecular weight is 375 g/mol. The van der Waals surface area contributed by atoms with Crippen LogP contribution >= 0.6 is 0 Å². The van der Waals surface area contributed by atoms with Gasteiger partial charge in [-0.15, -0.1) is 0 Å². The van der Waals surface area contributed by atoms with Crippen LogP contribution in [0.1, 0.15) is 51.2 Å². The summed E-state index contributed by atoms with van der Waals surface area (Å²) in [5.74, 6) is 2.07. The van der Waals surface area contributed by atoms with Crippen molar-refractivity contribution in [3.05, 3.63) is 29.3 Å². The second-order valence-corrected chi connectivity index (χ2v) is 7.14. The Hall–Kier alpha value is -2.24. The van der Waals surface area contributed by atoms with Crippen molar-refractivity contribution in [3.63, 3.8) is 0 Å². The van der Waals surface area contributed by atoms with Crippen molar-refractivity contribution in [2.24, 2.45) is 10.9 Å². The van der Waals surface area contributed by atoms with Crippen molar-refractivity contribution >= 4 is 11.9 Å². The zero-order valence-electron chi connectivity index (χ0n) is 17.1. The lowest BCUT2D eigenvalue weighted by atomic mass is 10.1. The number of nitrogens with zero attached hydrogens (tertiary/aromatic N) is 1. The third kappa shape index (κ3) is 7.49. The molecule has 0 heterocycles. The second-order valence-electron chi connectivity index (χ2n) is 7.14. The normalized spacial score (nSPS) is 15.2. The predicted octanol–water partition coefficient (Wildman–Crippen LogP) is 2.75. The number of amides is 1. The standard InChI is InChI=1S/C21H34N4O2/c1-5-16(4)27-19-13-15(3)7-8-18(19)14-25-21(22-6-2)24-12-11-23-20(26)17-9-10-17/h7-8,13,16-17H,5-6,9-12,14H2,1-4H3,(H,23,26)(H2,22,24,25). The molecular formula is C21H34N4O2. The summed E-state index contributed by atoms with van der Waals surface area (Å²) in [7, 11) is 0. The lowest BCUT2D eigenvalue weighted by molar-refractivity contribution is -0.122. The molecule has 1 aliphatic rings. The molecule has 1 aromatic carbocycles. The van der Waals surface area contributed by atoms with Crippen molar-refractivity contribution < 1.29 is 9.53 Å². The highest BCUT2D eigenvalue weighted by Gasteiger charge is 2.28. The Morgan fingerprint density at radius 2 is 1.96 bits per heavy atom. The Morgan fingerprint density at radius 1 is 1.22 bits per heavy atom. The van der Waals surface area contributed by atoms with E-state index in [4.69, 9.17) is 4.74 Å². The molecule has 0 saturated heterocycles. The van der Waals surface area contributed by atoms with Crippen molar-refractivity contribution in [2.45, 2.75) is 59.6 Å². The number of benzene rings is 1. The Kier molecular flexibility index (Phi) is 8.43. The molecule has 1 atom stereocenters. The number of guanidine groups is 1. The van der Waals surface area contributed by atoms with Gasteiger partial charge in [0.2, 0.25) is 5.91 Å². The van der Waals surface area contributed by atoms with Gasteiger partial charge in [-0.1, -0.05) is 19.1 Å². The van der Waals surface area contributed by atoms with E-state index in [2.05, 4.69) is 59.9 Å². The number of carbonyl (C=O) groups excluding carboxylic acids is 1. The summed E-state index contributed by atoms with van der Waals surface area (Å²) in [6.07, 6.45) is 3.20. The molecule has 1 unspecified atom stereocenters. The molecule has 1 saturated carbocycles. The van der Waals surface area contributed by atoms with Gasteiger partial charge in [0.25, 0.3) is 0 Å². The molecule has 1 aromatic rings. The predicted molar refractivity (Wildman–Crippen MR) is 110 cm³/mol. The molecule has 150 valence electrons. The zero-order valence-corrected chi connectivity index (χ0v) is 17.1. The zero-order chi connectivity index (χ0) is 19.6. The maximum atomic E-state index is 11.7. The van der Waals surface area contributed by atoms with Crippen molar-refractivity contribution in [1.82, 2.24) is 16.0 Å². The van der Waals surface area contributed by atoms with E-state index in [0.717, 1.165) is 43.1 Å². The van der Waals surface area contributed by atoms with Crippen molar-refractivity contribution in [2.75, 3.05) is 19.6 Å². The summed E-state index contributed by atoms with van der Waals surface area (Å²) in [6.45, 7) is 10.9. The largest absolute Gasteiger partial charge is 0.490 e. The number of aliphatic imine (C=N–C) groups is 1. The Balaban J connectivity index is 1.91. The number of hydrogen-bond acceptors (Lipinski definition) is 3. The average Bonchev–Trinajstić information content (AvgIpc) is 3.49. The molecular weight excluding hydrogens is 340 g/mol. The van der Waals surface area contributed by atoms with Crippen LogP contribution in [-0.4, -0.2) is 37.6 Å². The SMILES string of the molecule is CCNC(=NCc1ccc(C)cc1OC(C)CC)NCCNC(=O)C1CC1. The summed E-state index contributed by atoms with van der Waals surface area (Å²) >= 11 is 0. The van der Waals surface area contributed by atoms with Crippen LogP contribution in [0.15, 0.2) is 23.2 Å². The molecule has 27 heavy (non-hydrogen) atoms. The second kappa shape index (κ2) is 10.8.